The van der Waals surface area contributed by atoms with Gasteiger partial charge in [-0.15, -0.1) is 0 Å². The molecule has 9 nitrogen and oxygen atoms in total. The molecule has 9 heteroatoms. The van der Waals surface area contributed by atoms with Crippen molar-refractivity contribution in [2.75, 3.05) is 0 Å². The second-order valence-electron chi connectivity index (χ2n) is 29.7. The number of pyridine rings is 1. The topological polar surface area (TPSA) is 101 Å². The Bertz CT molecular complexity index is 7600. The van der Waals surface area contributed by atoms with Gasteiger partial charge in [-0.05, 0) is 111 Å². The van der Waals surface area contributed by atoms with Crippen molar-refractivity contribution in [3.8, 4) is 135 Å². The highest BCUT2D eigenvalue weighted by Gasteiger charge is 2.29. The van der Waals surface area contributed by atoms with Crippen LogP contribution in [0.4, 0.5) is 0 Å². The van der Waals surface area contributed by atoms with Gasteiger partial charge < -0.3 is 8.83 Å². The number of hydrogen-bond acceptors (Lipinski definition) is 7. The molecule has 0 aliphatic heterocycles. The standard InChI is InChI=1S/C58H37N3O.C51H32N4O/c1-6-17-38(18-7-1)40-29-31-42(32-30-40)48-36-53-54(55-47-28-16-27-46(56(47)62-57(48)55)41-21-10-3-11-22-41)49-35-45(39-19-8-2-9-20-39)33-34-52(49)61(53)58-59-50(43-23-12-4-13-24-43)37-51(60-58)44-25-14-5-15-26-44;1-5-16-33(17-6-1)37-27-28-45-41(30-37)47-46(55(45)51-53-43(35-20-9-3-10-21-35)32-44(54-51)36-22-11-4-12-23-36)31-40(42-26-13-14-29-52-42)50-48(47)39-25-15-24-38(49(39)56-50)34-18-7-2-8-19-34/h1-37H;1-32H. The van der Waals surface area contributed by atoms with Crippen LogP contribution in [0, 0.1) is 0 Å². The van der Waals surface area contributed by atoms with Gasteiger partial charge in [0, 0.05) is 93.8 Å². The summed E-state index contributed by atoms with van der Waals surface area (Å²) in [6.07, 6.45) is 1.84. The van der Waals surface area contributed by atoms with Gasteiger partial charge in [0.2, 0.25) is 11.9 Å². The molecule has 0 saturated heterocycles. The highest BCUT2D eigenvalue weighted by molar-refractivity contribution is 6.32. The maximum absolute atomic E-state index is 7.24. The van der Waals surface area contributed by atoms with Crippen molar-refractivity contribution >= 4 is 87.5 Å². The summed E-state index contributed by atoms with van der Waals surface area (Å²) in [7, 11) is 0. The van der Waals surface area contributed by atoms with Crippen LogP contribution in [0.1, 0.15) is 0 Å². The SMILES string of the molecule is c1ccc(-c2ccc(-c3cc4c(c5cc(-c6ccccc6)ccc5n4-c4nc(-c5ccccc5)cc(-c5ccccc5)n4)c4c3oc3c(-c5ccccc5)cccc34)cc2)cc1.c1ccc(-c2ccc3c(c2)c2c4c(oc5c(-c6ccccc6)cccc54)c(-c4ccccn4)cc2n3-c2nc(-c3ccccc3)cc(-c3ccccc3)n2)cc1. The van der Waals surface area contributed by atoms with Gasteiger partial charge in [0.1, 0.15) is 22.3 Å². The largest absolute Gasteiger partial charge is 0.455 e. The van der Waals surface area contributed by atoms with Gasteiger partial charge in [0.05, 0.1) is 50.5 Å². The first-order valence-electron chi connectivity index (χ1n) is 39.8. The number of benzene rings is 16. The molecule has 0 aliphatic carbocycles. The normalized spacial score (nSPS) is 11.6. The van der Waals surface area contributed by atoms with E-state index in [9.17, 15) is 0 Å². The molecule has 0 radical (unpaired) electrons. The molecule has 23 rings (SSSR count). The van der Waals surface area contributed by atoms with E-state index in [1.807, 2.05) is 54.7 Å². The summed E-state index contributed by atoms with van der Waals surface area (Å²) in [4.78, 5) is 26.4. The Morgan fingerprint density at radius 2 is 0.483 bits per heavy atom. The van der Waals surface area contributed by atoms with Crippen LogP contribution in [0.3, 0.4) is 0 Å². The van der Waals surface area contributed by atoms with Gasteiger partial charge in [-0.3, -0.25) is 14.1 Å². The zero-order chi connectivity index (χ0) is 78.0. The van der Waals surface area contributed by atoms with Crippen molar-refractivity contribution in [3.63, 3.8) is 0 Å². The highest BCUT2D eigenvalue weighted by atomic mass is 16.3. The lowest BCUT2D eigenvalue weighted by atomic mass is 9.95. The zero-order valence-corrected chi connectivity index (χ0v) is 63.8. The Hall–Kier alpha value is -16.0. The lowest BCUT2D eigenvalue weighted by molar-refractivity contribution is 0.671. The first-order valence-corrected chi connectivity index (χ1v) is 39.8. The number of hydrogen-bond donors (Lipinski definition) is 0. The summed E-state index contributed by atoms with van der Waals surface area (Å²) in [5.74, 6) is 1.18. The molecular weight excluding hydrogens is 1440 g/mol. The Balaban J connectivity index is 0.000000143. The number of para-hydroxylation sites is 2. The third-order valence-electron chi connectivity index (χ3n) is 22.7. The maximum Gasteiger partial charge on any atom is 0.235 e. The van der Waals surface area contributed by atoms with Crippen molar-refractivity contribution in [1.82, 2.24) is 34.1 Å². The minimum Gasteiger partial charge on any atom is -0.455 e. The predicted molar refractivity (Wildman–Crippen MR) is 485 cm³/mol. The molecule has 0 unspecified atom stereocenters. The minimum absolute atomic E-state index is 0.585. The summed E-state index contributed by atoms with van der Waals surface area (Å²) in [5.41, 5.74) is 29.8. The van der Waals surface area contributed by atoms with E-state index < -0.39 is 0 Å². The average molecular weight is 1510 g/mol. The van der Waals surface area contributed by atoms with Gasteiger partial charge in [-0.2, -0.15) is 0 Å². The molecule has 0 N–H and O–H groups in total. The number of aromatic nitrogens is 7. The molecule has 0 bridgehead atoms. The molecule has 118 heavy (non-hydrogen) atoms. The molecule has 552 valence electrons. The molecule has 0 amide bonds. The zero-order valence-electron chi connectivity index (χ0n) is 63.8. The number of furan rings is 2. The van der Waals surface area contributed by atoms with Crippen LogP contribution in [0.15, 0.2) is 428 Å². The lowest BCUT2D eigenvalue weighted by Gasteiger charge is -2.13. The van der Waals surface area contributed by atoms with Crippen molar-refractivity contribution in [3.05, 3.63) is 419 Å². The highest BCUT2D eigenvalue weighted by Crippen LogP contribution is 2.51. The quantitative estimate of drug-likeness (QED) is 0.113. The molecule has 7 aromatic heterocycles. The molecule has 0 spiro atoms. The van der Waals surface area contributed by atoms with E-state index in [1.165, 1.54) is 5.56 Å². The molecule has 0 aliphatic rings. The van der Waals surface area contributed by atoms with Crippen molar-refractivity contribution in [2.45, 2.75) is 0 Å². The Labute approximate surface area is 679 Å². The molecule has 0 atom stereocenters. The molecule has 16 aromatic carbocycles. The first kappa shape index (κ1) is 68.8. The van der Waals surface area contributed by atoms with E-state index in [2.05, 4.69) is 373 Å². The van der Waals surface area contributed by atoms with E-state index in [1.54, 1.807) is 0 Å². The predicted octanol–water partition coefficient (Wildman–Crippen LogP) is 28.7. The van der Waals surface area contributed by atoms with Crippen LogP contribution < -0.4 is 0 Å². The monoisotopic (exact) mass is 1510 g/mol. The number of fused-ring (bicyclic) bond motifs is 14. The second kappa shape index (κ2) is 29.2. The van der Waals surface area contributed by atoms with Gasteiger partial charge in [-0.1, -0.05) is 352 Å². The van der Waals surface area contributed by atoms with Gasteiger partial charge >= 0.3 is 0 Å². The minimum atomic E-state index is 0.585. The fourth-order valence-electron chi connectivity index (χ4n) is 17.2. The number of rotatable bonds is 13. The summed E-state index contributed by atoms with van der Waals surface area (Å²) < 4.78 is 18.8. The molecule has 23 aromatic rings. The molecule has 7 heterocycles. The van der Waals surface area contributed by atoms with E-state index >= 15 is 0 Å². The second-order valence-corrected chi connectivity index (χ2v) is 29.7. The summed E-state index contributed by atoms with van der Waals surface area (Å²) in [5, 5.41) is 8.55. The Kier molecular flexibility index (Phi) is 17.0. The fraction of sp³-hybridized carbons (Fsp3) is 0. The van der Waals surface area contributed by atoms with Crippen LogP contribution in [0.5, 0.6) is 0 Å². The van der Waals surface area contributed by atoms with Crippen LogP contribution in [-0.4, -0.2) is 34.1 Å². The smallest absolute Gasteiger partial charge is 0.235 e. The van der Waals surface area contributed by atoms with Crippen LogP contribution in [-0.2, 0) is 0 Å². The van der Waals surface area contributed by atoms with Gasteiger partial charge in [0.15, 0.2) is 0 Å². The molecule has 0 fully saturated rings. The first-order chi connectivity index (χ1) is 58.5. The number of nitrogens with zero attached hydrogens (tertiary/aromatic N) is 7. The summed E-state index contributed by atoms with van der Waals surface area (Å²) in [6, 6.07) is 144. The summed E-state index contributed by atoms with van der Waals surface area (Å²) >= 11 is 0. The average Bonchev–Trinajstić information content (AvgIpc) is 1.54. The lowest BCUT2D eigenvalue weighted by Crippen LogP contribution is -2.04. The van der Waals surface area contributed by atoms with Gasteiger partial charge in [0.25, 0.3) is 0 Å². The van der Waals surface area contributed by atoms with Crippen LogP contribution >= 0.6 is 0 Å². The third kappa shape index (κ3) is 12.2. The van der Waals surface area contributed by atoms with E-state index in [-0.39, 0.29) is 0 Å². The van der Waals surface area contributed by atoms with Crippen molar-refractivity contribution < 1.29 is 8.83 Å². The van der Waals surface area contributed by atoms with Gasteiger partial charge in [-0.25, -0.2) is 19.9 Å². The third-order valence-corrected chi connectivity index (χ3v) is 22.7. The van der Waals surface area contributed by atoms with Crippen LogP contribution in [0.25, 0.3) is 222 Å². The van der Waals surface area contributed by atoms with E-state index in [0.29, 0.717) is 11.9 Å². The van der Waals surface area contributed by atoms with Crippen molar-refractivity contribution in [1.29, 1.82) is 0 Å². The maximum atomic E-state index is 7.24. The fourth-order valence-corrected chi connectivity index (χ4v) is 17.2. The Morgan fingerprint density at radius 1 is 0.178 bits per heavy atom. The van der Waals surface area contributed by atoms with Crippen molar-refractivity contribution in [2.24, 2.45) is 0 Å². The van der Waals surface area contributed by atoms with E-state index in [0.717, 1.165) is 205 Å². The molecule has 0 saturated carbocycles. The Morgan fingerprint density at radius 3 is 0.856 bits per heavy atom. The van der Waals surface area contributed by atoms with E-state index in [4.69, 9.17) is 33.8 Å². The van der Waals surface area contributed by atoms with Crippen LogP contribution in [0.2, 0.25) is 0 Å². The molecular formula is C109H69N7O2. The summed E-state index contributed by atoms with van der Waals surface area (Å²) in [6.45, 7) is 0.